The summed E-state index contributed by atoms with van der Waals surface area (Å²) < 4.78 is 15.3. The highest BCUT2D eigenvalue weighted by Gasteiger charge is 2.14. The Morgan fingerprint density at radius 3 is 2.42 bits per heavy atom. The number of carbonyl (C=O) groups excluding carboxylic acids is 2. The zero-order valence-corrected chi connectivity index (χ0v) is 14.4. The monoisotopic (exact) mass is 351 g/mol. The second kappa shape index (κ2) is 9.04. The third kappa shape index (κ3) is 4.71. The Balaban J connectivity index is 2.26. The zero-order valence-electron chi connectivity index (χ0n) is 14.4. The summed E-state index contributed by atoms with van der Waals surface area (Å²) in [5.41, 5.74) is 0.578. The van der Waals surface area contributed by atoms with Crippen LogP contribution in [0, 0.1) is 11.3 Å². The molecule has 2 aromatic rings. The van der Waals surface area contributed by atoms with Crippen LogP contribution in [0.25, 0.3) is 6.08 Å². The first-order valence-electron chi connectivity index (χ1n) is 7.83. The second-order valence-electron chi connectivity index (χ2n) is 5.05. The van der Waals surface area contributed by atoms with E-state index in [9.17, 15) is 9.59 Å². The molecule has 2 rings (SSSR count). The third-order valence-electron chi connectivity index (χ3n) is 3.36. The number of esters is 2. The van der Waals surface area contributed by atoms with Crippen LogP contribution in [0.15, 0.2) is 54.1 Å². The molecule has 0 aliphatic carbocycles. The number of hydrogen-bond donors (Lipinski definition) is 0. The molecule has 0 fully saturated rings. The van der Waals surface area contributed by atoms with Crippen molar-refractivity contribution in [2.75, 3.05) is 13.7 Å². The fourth-order valence-corrected chi connectivity index (χ4v) is 2.08. The van der Waals surface area contributed by atoms with E-state index in [1.165, 1.54) is 13.2 Å². The summed E-state index contributed by atoms with van der Waals surface area (Å²) in [7, 11) is 1.53. The van der Waals surface area contributed by atoms with E-state index in [4.69, 9.17) is 19.5 Å². The van der Waals surface area contributed by atoms with Crippen molar-refractivity contribution in [1.29, 1.82) is 5.26 Å². The van der Waals surface area contributed by atoms with Gasteiger partial charge in [0.05, 0.1) is 19.3 Å². The molecule has 0 radical (unpaired) electrons. The number of hydrogen-bond acceptors (Lipinski definition) is 6. The topological polar surface area (TPSA) is 85.6 Å². The van der Waals surface area contributed by atoms with Gasteiger partial charge in [-0.25, -0.2) is 9.59 Å². The van der Waals surface area contributed by atoms with Crippen molar-refractivity contribution in [2.45, 2.75) is 6.92 Å². The van der Waals surface area contributed by atoms with E-state index >= 15 is 0 Å². The molecule has 6 heteroatoms. The Morgan fingerprint density at radius 2 is 1.81 bits per heavy atom. The van der Waals surface area contributed by atoms with Crippen molar-refractivity contribution >= 4 is 18.0 Å². The van der Waals surface area contributed by atoms with E-state index in [1.54, 1.807) is 61.5 Å². The number of carbonyl (C=O) groups is 2. The predicted molar refractivity (Wildman–Crippen MR) is 94.6 cm³/mol. The van der Waals surface area contributed by atoms with Gasteiger partial charge in [0.2, 0.25) is 0 Å². The molecule has 0 bridgehead atoms. The van der Waals surface area contributed by atoms with Gasteiger partial charge >= 0.3 is 11.9 Å². The number of ether oxygens (including phenoxy) is 3. The Kier molecular flexibility index (Phi) is 6.52. The first kappa shape index (κ1) is 18.7. The Labute approximate surface area is 151 Å². The SMILES string of the molecule is CCOC(=O)/C(C#N)=C\c1ccccc1OC(=O)c1ccc(OC)cc1. The maximum Gasteiger partial charge on any atom is 0.348 e. The molecule has 0 amide bonds. The molecule has 0 N–H and O–H groups in total. The molecule has 0 heterocycles. The molecule has 0 saturated heterocycles. The van der Waals surface area contributed by atoms with Crippen molar-refractivity contribution < 1.29 is 23.8 Å². The second-order valence-corrected chi connectivity index (χ2v) is 5.05. The number of nitrogens with zero attached hydrogens (tertiary/aromatic N) is 1. The van der Waals surface area contributed by atoms with Gasteiger partial charge in [0.1, 0.15) is 23.1 Å². The first-order valence-corrected chi connectivity index (χ1v) is 7.83. The fraction of sp³-hybridized carbons (Fsp3) is 0.150. The van der Waals surface area contributed by atoms with Gasteiger partial charge in [-0.2, -0.15) is 5.26 Å². The molecular weight excluding hydrogens is 334 g/mol. The van der Waals surface area contributed by atoms with Gasteiger partial charge in [0, 0.05) is 5.56 Å². The molecule has 26 heavy (non-hydrogen) atoms. The van der Waals surface area contributed by atoms with Crippen LogP contribution in [0.2, 0.25) is 0 Å². The van der Waals surface area contributed by atoms with Gasteiger partial charge in [0.15, 0.2) is 0 Å². The van der Waals surface area contributed by atoms with Gasteiger partial charge in [0.25, 0.3) is 0 Å². The summed E-state index contributed by atoms with van der Waals surface area (Å²) in [6, 6.07) is 14.9. The summed E-state index contributed by atoms with van der Waals surface area (Å²) in [5, 5.41) is 9.15. The van der Waals surface area contributed by atoms with Gasteiger partial charge < -0.3 is 14.2 Å². The minimum atomic E-state index is -0.730. The van der Waals surface area contributed by atoms with Crippen molar-refractivity contribution in [3.05, 3.63) is 65.2 Å². The van der Waals surface area contributed by atoms with Crippen molar-refractivity contribution in [3.63, 3.8) is 0 Å². The van der Waals surface area contributed by atoms with E-state index in [2.05, 4.69) is 0 Å². The highest BCUT2D eigenvalue weighted by atomic mass is 16.5. The smallest absolute Gasteiger partial charge is 0.348 e. The van der Waals surface area contributed by atoms with Gasteiger partial charge in [-0.3, -0.25) is 0 Å². The number of benzene rings is 2. The lowest BCUT2D eigenvalue weighted by Crippen LogP contribution is -2.10. The molecule has 132 valence electrons. The molecule has 0 aliphatic heterocycles. The number of nitriles is 1. The van der Waals surface area contributed by atoms with Crippen LogP contribution < -0.4 is 9.47 Å². The zero-order chi connectivity index (χ0) is 18.9. The standard InChI is InChI=1S/C20H17NO5/c1-3-25-19(22)16(13-21)12-15-6-4-5-7-18(15)26-20(23)14-8-10-17(24-2)11-9-14/h4-12H,3H2,1-2H3/b16-12-. The van der Waals surface area contributed by atoms with Gasteiger partial charge in [-0.05, 0) is 43.3 Å². The minimum absolute atomic E-state index is 0.159. The molecule has 6 nitrogen and oxygen atoms in total. The first-order chi connectivity index (χ1) is 12.6. The summed E-state index contributed by atoms with van der Waals surface area (Å²) in [5.74, 6) is -0.447. The van der Waals surface area contributed by atoms with E-state index < -0.39 is 11.9 Å². The highest BCUT2D eigenvalue weighted by molar-refractivity contribution is 5.98. The predicted octanol–water partition coefficient (Wildman–Crippen LogP) is 3.38. The fourth-order valence-electron chi connectivity index (χ4n) is 2.08. The lowest BCUT2D eigenvalue weighted by molar-refractivity contribution is -0.137. The number of rotatable bonds is 6. The molecule has 0 aromatic heterocycles. The lowest BCUT2D eigenvalue weighted by Gasteiger charge is -2.08. The van der Waals surface area contributed by atoms with Crippen molar-refractivity contribution in [3.8, 4) is 17.6 Å². The van der Waals surface area contributed by atoms with E-state index in [-0.39, 0.29) is 17.9 Å². The molecule has 0 unspecified atom stereocenters. The normalized spacial score (nSPS) is 10.6. The van der Waals surface area contributed by atoms with Crippen LogP contribution in [-0.4, -0.2) is 25.7 Å². The summed E-state index contributed by atoms with van der Waals surface area (Å²) in [6.45, 7) is 1.81. The Morgan fingerprint density at radius 1 is 1.12 bits per heavy atom. The molecule has 0 saturated carbocycles. The Hall–Kier alpha value is -3.59. The summed E-state index contributed by atoms with van der Waals surface area (Å²) >= 11 is 0. The average Bonchev–Trinajstić information content (AvgIpc) is 2.67. The highest BCUT2D eigenvalue weighted by Crippen LogP contribution is 2.23. The summed E-state index contributed by atoms with van der Waals surface area (Å²) in [4.78, 5) is 24.1. The minimum Gasteiger partial charge on any atom is -0.497 e. The third-order valence-corrected chi connectivity index (χ3v) is 3.36. The van der Waals surface area contributed by atoms with Gasteiger partial charge in [-0.15, -0.1) is 0 Å². The number of methoxy groups -OCH3 is 1. The van der Waals surface area contributed by atoms with E-state index in [0.29, 0.717) is 16.9 Å². The van der Waals surface area contributed by atoms with Crippen LogP contribution in [0.5, 0.6) is 11.5 Å². The van der Waals surface area contributed by atoms with Crippen LogP contribution in [0.1, 0.15) is 22.8 Å². The molecule has 0 spiro atoms. The Bertz CT molecular complexity index is 863. The summed E-state index contributed by atoms with van der Waals surface area (Å²) in [6.07, 6.45) is 1.33. The lowest BCUT2D eigenvalue weighted by atomic mass is 10.1. The van der Waals surface area contributed by atoms with Crippen LogP contribution >= 0.6 is 0 Å². The quantitative estimate of drug-likeness (QED) is 0.343. The molecule has 0 atom stereocenters. The largest absolute Gasteiger partial charge is 0.497 e. The molecule has 2 aromatic carbocycles. The maximum absolute atomic E-state index is 12.3. The van der Waals surface area contributed by atoms with E-state index in [0.717, 1.165) is 0 Å². The average molecular weight is 351 g/mol. The van der Waals surface area contributed by atoms with Gasteiger partial charge in [-0.1, -0.05) is 18.2 Å². The molecular formula is C20H17NO5. The molecule has 0 aliphatic rings. The maximum atomic E-state index is 12.3. The van der Waals surface area contributed by atoms with Crippen LogP contribution in [-0.2, 0) is 9.53 Å². The van der Waals surface area contributed by atoms with E-state index in [1.807, 2.05) is 0 Å². The number of para-hydroxylation sites is 1. The van der Waals surface area contributed by atoms with Crippen molar-refractivity contribution in [2.24, 2.45) is 0 Å². The van der Waals surface area contributed by atoms with Crippen LogP contribution in [0.3, 0.4) is 0 Å². The van der Waals surface area contributed by atoms with Crippen LogP contribution in [0.4, 0.5) is 0 Å². The van der Waals surface area contributed by atoms with Crippen molar-refractivity contribution in [1.82, 2.24) is 0 Å².